The molecule has 7 nitrogen and oxygen atoms in total. The van der Waals surface area contributed by atoms with Gasteiger partial charge in [-0.2, -0.15) is 0 Å². The van der Waals surface area contributed by atoms with Gasteiger partial charge in [0.2, 0.25) is 0 Å². The summed E-state index contributed by atoms with van der Waals surface area (Å²) in [5, 5.41) is 5.67. The van der Waals surface area contributed by atoms with Crippen molar-refractivity contribution in [2.45, 2.75) is 39.3 Å². The van der Waals surface area contributed by atoms with Gasteiger partial charge in [0, 0.05) is 22.3 Å². The molecule has 1 aromatic rings. The molecule has 0 unspecified atom stereocenters. The summed E-state index contributed by atoms with van der Waals surface area (Å²) in [5.41, 5.74) is 0.0467. The van der Waals surface area contributed by atoms with Crippen LogP contribution < -0.4 is 20.1 Å². The molecule has 2 amide bonds. The van der Waals surface area contributed by atoms with Crippen molar-refractivity contribution in [1.82, 2.24) is 10.6 Å². The van der Waals surface area contributed by atoms with Gasteiger partial charge >= 0.3 is 12.0 Å². The lowest BCUT2D eigenvalue weighted by Gasteiger charge is -2.35. The van der Waals surface area contributed by atoms with Crippen molar-refractivity contribution < 1.29 is 23.8 Å². The van der Waals surface area contributed by atoms with Crippen LogP contribution in [0.4, 0.5) is 4.79 Å². The molecule has 2 rings (SSSR count). The fraction of sp³-hybridized carbons (Fsp3) is 0.474. The van der Waals surface area contributed by atoms with Crippen molar-refractivity contribution in [3.63, 3.8) is 0 Å². The average Bonchev–Trinajstić information content (AvgIpc) is 2.53. The molecule has 0 aliphatic carbocycles. The maximum absolute atomic E-state index is 12.8. The minimum atomic E-state index is -0.871. The average molecular weight is 397 g/mol. The lowest BCUT2D eigenvalue weighted by molar-refractivity contribution is -0.159. The Morgan fingerprint density at radius 3 is 2.56 bits per heavy atom. The molecule has 27 heavy (non-hydrogen) atoms. The number of nitrogens with one attached hydrogen (secondary N) is 2. The van der Waals surface area contributed by atoms with Crippen LogP contribution in [-0.4, -0.2) is 31.3 Å². The van der Waals surface area contributed by atoms with Crippen LogP contribution >= 0.6 is 11.6 Å². The number of carbonyl (C=O) groups is 2. The summed E-state index contributed by atoms with van der Waals surface area (Å²) in [4.78, 5) is 24.9. The van der Waals surface area contributed by atoms with Gasteiger partial charge in [0.25, 0.3) is 0 Å². The zero-order valence-electron chi connectivity index (χ0n) is 16.1. The Labute approximate surface area is 164 Å². The van der Waals surface area contributed by atoms with Crippen LogP contribution in [0.1, 0.15) is 39.3 Å². The van der Waals surface area contributed by atoms with Crippen LogP contribution in [0.5, 0.6) is 11.5 Å². The fourth-order valence-corrected chi connectivity index (χ4v) is 3.07. The van der Waals surface area contributed by atoms with Gasteiger partial charge in [-0.05, 0) is 33.8 Å². The second-order valence-electron chi connectivity index (χ2n) is 7.07. The molecule has 2 atom stereocenters. The third kappa shape index (κ3) is 4.86. The van der Waals surface area contributed by atoms with E-state index in [-0.39, 0.29) is 5.70 Å². The van der Waals surface area contributed by atoms with Crippen molar-refractivity contribution >= 4 is 23.6 Å². The summed E-state index contributed by atoms with van der Waals surface area (Å²) < 4.78 is 16.6. The number of methoxy groups -OCH3 is 1. The van der Waals surface area contributed by atoms with Gasteiger partial charge in [0.05, 0.1) is 19.8 Å². The Bertz CT molecular complexity index is 757. The highest BCUT2D eigenvalue weighted by atomic mass is 35.5. The molecule has 8 heteroatoms. The van der Waals surface area contributed by atoms with E-state index in [1.165, 1.54) is 7.11 Å². The van der Waals surface area contributed by atoms with Gasteiger partial charge in [0.1, 0.15) is 11.5 Å². The minimum absolute atomic E-state index is 0.236. The summed E-state index contributed by atoms with van der Waals surface area (Å²) in [7, 11) is 1.49. The molecule has 0 aromatic heterocycles. The standard InChI is InChI=1S/C19H25ClN2O5/c1-7-26-16-12(8-11(20)9-13(16)25-6)15-14(10(2)21-18(24)22-15)17(23)27-19(3,4)5/h8-9,14-15H,2,7H2,1,3-6H3,(H2,21,22,24)/t14-,15+/m1/s1. The van der Waals surface area contributed by atoms with E-state index in [1.807, 2.05) is 6.92 Å². The van der Waals surface area contributed by atoms with Crippen LogP contribution in [0, 0.1) is 5.92 Å². The van der Waals surface area contributed by atoms with E-state index < -0.39 is 29.6 Å². The number of amides is 2. The van der Waals surface area contributed by atoms with Crippen molar-refractivity contribution in [2.24, 2.45) is 5.92 Å². The van der Waals surface area contributed by atoms with E-state index in [0.717, 1.165) is 0 Å². The zero-order chi connectivity index (χ0) is 20.4. The zero-order valence-corrected chi connectivity index (χ0v) is 16.9. The monoisotopic (exact) mass is 396 g/mol. The first-order valence-electron chi connectivity index (χ1n) is 8.56. The summed E-state index contributed by atoms with van der Waals surface area (Å²) in [6, 6.07) is 1.98. The molecule has 0 bridgehead atoms. The molecule has 0 spiro atoms. The smallest absolute Gasteiger partial charge is 0.319 e. The number of hydrogen-bond acceptors (Lipinski definition) is 5. The van der Waals surface area contributed by atoms with Gasteiger partial charge in [0.15, 0.2) is 11.5 Å². The van der Waals surface area contributed by atoms with E-state index in [9.17, 15) is 9.59 Å². The number of rotatable bonds is 5. The molecule has 1 saturated heterocycles. The predicted molar refractivity (Wildman–Crippen MR) is 102 cm³/mol. The van der Waals surface area contributed by atoms with Gasteiger partial charge in [-0.1, -0.05) is 18.2 Å². The van der Waals surface area contributed by atoms with Gasteiger partial charge < -0.3 is 24.8 Å². The summed E-state index contributed by atoms with van der Waals surface area (Å²) in [5.74, 6) is -0.589. The Morgan fingerprint density at radius 1 is 1.33 bits per heavy atom. The molecule has 1 heterocycles. The van der Waals surface area contributed by atoms with Crippen molar-refractivity contribution in [3.8, 4) is 11.5 Å². The summed E-state index contributed by atoms with van der Waals surface area (Å²) >= 11 is 6.22. The number of esters is 1. The highest BCUT2D eigenvalue weighted by Gasteiger charge is 2.42. The van der Waals surface area contributed by atoms with Gasteiger partial charge in [-0.15, -0.1) is 0 Å². The predicted octanol–water partition coefficient (Wildman–Crippen LogP) is 3.57. The number of carbonyl (C=O) groups excluding carboxylic acids is 2. The number of halogens is 1. The second kappa shape index (κ2) is 8.08. The minimum Gasteiger partial charge on any atom is -0.493 e. The Balaban J connectivity index is 2.57. The first-order chi connectivity index (χ1) is 12.6. The molecule has 0 saturated carbocycles. The maximum Gasteiger partial charge on any atom is 0.319 e. The lowest BCUT2D eigenvalue weighted by Crippen LogP contribution is -2.51. The van der Waals surface area contributed by atoms with E-state index >= 15 is 0 Å². The highest BCUT2D eigenvalue weighted by molar-refractivity contribution is 6.30. The molecule has 148 valence electrons. The quantitative estimate of drug-likeness (QED) is 0.743. The molecular formula is C19H25ClN2O5. The SMILES string of the molecule is C=C1NC(=O)N[C@@H](c2cc(Cl)cc(OC)c2OCC)[C@@H]1C(=O)OC(C)(C)C. The Hall–Kier alpha value is -2.41. The van der Waals surface area contributed by atoms with Crippen LogP contribution in [0.15, 0.2) is 24.4 Å². The first kappa shape index (κ1) is 20.9. The lowest BCUT2D eigenvalue weighted by atomic mass is 9.88. The van der Waals surface area contributed by atoms with Crippen LogP contribution in [-0.2, 0) is 9.53 Å². The molecule has 0 radical (unpaired) electrons. The van der Waals surface area contributed by atoms with Crippen LogP contribution in [0.3, 0.4) is 0 Å². The molecule has 1 fully saturated rings. The van der Waals surface area contributed by atoms with E-state index in [1.54, 1.807) is 32.9 Å². The van der Waals surface area contributed by atoms with Crippen molar-refractivity contribution in [3.05, 3.63) is 35.0 Å². The number of urea groups is 1. The summed E-state index contributed by atoms with van der Waals surface area (Å²) in [6.45, 7) is 11.3. The third-order valence-corrected chi connectivity index (χ3v) is 4.04. The number of ether oxygens (including phenoxy) is 3. The highest BCUT2D eigenvalue weighted by Crippen LogP contribution is 2.42. The molecule has 1 aliphatic heterocycles. The largest absolute Gasteiger partial charge is 0.493 e. The fourth-order valence-electron chi connectivity index (χ4n) is 2.86. The topological polar surface area (TPSA) is 85.9 Å². The van der Waals surface area contributed by atoms with Crippen LogP contribution in [0.25, 0.3) is 0 Å². The van der Waals surface area contributed by atoms with E-state index in [0.29, 0.717) is 28.7 Å². The molecule has 1 aromatic carbocycles. The Morgan fingerprint density at radius 2 is 2.00 bits per heavy atom. The normalized spacial score (nSPS) is 19.8. The van der Waals surface area contributed by atoms with Crippen molar-refractivity contribution in [2.75, 3.05) is 13.7 Å². The second-order valence-corrected chi connectivity index (χ2v) is 7.51. The van der Waals surface area contributed by atoms with E-state index in [4.69, 9.17) is 25.8 Å². The Kier molecular flexibility index (Phi) is 6.26. The first-order valence-corrected chi connectivity index (χ1v) is 8.94. The van der Waals surface area contributed by atoms with E-state index in [2.05, 4.69) is 17.2 Å². The summed E-state index contributed by atoms with van der Waals surface area (Å²) in [6.07, 6.45) is 0. The number of benzene rings is 1. The molecule has 2 N–H and O–H groups in total. The maximum atomic E-state index is 12.8. The number of hydrogen-bond donors (Lipinski definition) is 2. The van der Waals surface area contributed by atoms with Gasteiger partial charge in [-0.25, -0.2) is 4.79 Å². The van der Waals surface area contributed by atoms with Crippen LogP contribution in [0.2, 0.25) is 5.02 Å². The van der Waals surface area contributed by atoms with Crippen molar-refractivity contribution in [1.29, 1.82) is 0 Å². The van der Waals surface area contributed by atoms with Gasteiger partial charge in [-0.3, -0.25) is 4.79 Å². The third-order valence-electron chi connectivity index (χ3n) is 3.82. The molecular weight excluding hydrogens is 372 g/mol. The molecule has 1 aliphatic rings.